The molecular formula is C30H49NO2. The van der Waals surface area contributed by atoms with E-state index in [1.54, 1.807) is 11.1 Å². The predicted molar refractivity (Wildman–Crippen MR) is 137 cm³/mol. The summed E-state index contributed by atoms with van der Waals surface area (Å²) in [4.78, 5) is 10.8. The van der Waals surface area contributed by atoms with Crippen LogP contribution in [0.4, 0.5) is 0 Å². The van der Waals surface area contributed by atoms with Crippen molar-refractivity contribution in [1.82, 2.24) is 0 Å². The molecular weight excluding hydrogens is 406 g/mol. The van der Waals surface area contributed by atoms with E-state index >= 15 is 0 Å². The van der Waals surface area contributed by atoms with Crippen LogP contribution < -0.4 is 5.73 Å². The van der Waals surface area contributed by atoms with Gasteiger partial charge in [-0.2, -0.15) is 0 Å². The lowest BCUT2D eigenvalue weighted by atomic mass is 9.53. The zero-order valence-electron chi connectivity index (χ0n) is 21.3. The van der Waals surface area contributed by atoms with E-state index in [0.29, 0.717) is 12.3 Å². The molecule has 0 spiro atoms. The molecule has 186 valence electrons. The van der Waals surface area contributed by atoms with Gasteiger partial charge in [0.1, 0.15) is 0 Å². The number of carbonyl (C=O) groups excluding carboxylic acids is 1. The summed E-state index contributed by atoms with van der Waals surface area (Å²) in [7, 11) is 0. The number of carbonyl (C=O) groups is 1. The minimum atomic E-state index is -0.160. The van der Waals surface area contributed by atoms with Crippen LogP contribution in [0.15, 0.2) is 22.8 Å². The predicted octanol–water partition coefficient (Wildman–Crippen LogP) is 7.38. The first-order valence-corrected chi connectivity index (χ1v) is 14.4. The highest BCUT2D eigenvalue weighted by Gasteiger charge is 2.55. The summed E-state index contributed by atoms with van der Waals surface area (Å²) in [5.74, 6) is 2.03. The highest BCUT2D eigenvalue weighted by Crippen LogP contribution is 2.62. The van der Waals surface area contributed by atoms with Crippen LogP contribution in [0.1, 0.15) is 129 Å². The summed E-state index contributed by atoms with van der Waals surface area (Å²) in [5, 5.41) is 10.9. The van der Waals surface area contributed by atoms with Crippen LogP contribution in [0.2, 0.25) is 0 Å². The minimum absolute atomic E-state index is 0.0807. The zero-order chi connectivity index (χ0) is 23.3. The van der Waals surface area contributed by atoms with E-state index < -0.39 is 0 Å². The van der Waals surface area contributed by atoms with Gasteiger partial charge in [-0.3, -0.25) is 4.79 Å². The Hall–Kier alpha value is -1.09. The second-order valence-electron chi connectivity index (χ2n) is 12.0. The van der Waals surface area contributed by atoms with Crippen LogP contribution in [0.5, 0.6) is 0 Å². The summed E-state index contributed by atoms with van der Waals surface area (Å²) >= 11 is 0. The van der Waals surface area contributed by atoms with E-state index in [4.69, 9.17) is 5.73 Å². The van der Waals surface area contributed by atoms with Gasteiger partial charge in [-0.15, -0.1) is 0 Å². The summed E-state index contributed by atoms with van der Waals surface area (Å²) in [5.41, 5.74) is 10.7. The van der Waals surface area contributed by atoms with Gasteiger partial charge in [0.15, 0.2) is 0 Å². The number of allylic oxidation sites excluding steroid dienone is 4. The molecule has 0 aromatic rings. The van der Waals surface area contributed by atoms with E-state index in [-0.39, 0.29) is 17.4 Å². The molecule has 2 saturated carbocycles. The summed E-state index contributed by atoms with van der Waals surface area (Å²) in [6.45, 7) is 2.43. The fraction of sp³-hybridized carbons (Fsp3) is 0.833. The van der Waals surface area contributed by atoms with Crippen molar-refractivity contribution >= 4 is 5.91 Å². The molecule has 1 amide bonds. The third kappa shape index (κ3) is 5.77. The highest BCUT2D eigenvalue weighted by atomic mass is 16.3. The second kappa shape index (κ2) is 11.6. The van der Waals surface area contributed by atoms with Crippen molar-refractivity contribution in [2.24, 2.45) is 28.9 Å². The molecule has 0 unspecified atom stereocenters. The Labute approximate surface area is 202 Å². The van der Waals surface area contributed by atoms with Gasteiger partial charge < -0.3 is 10.8 Å². The highest BCUT2D eigenvalue weighted by molar-refractivity contribution is 5.73. The standard InChI is InChI=1S/C30H49NO2/c1-30-21-23(14-9-7-5-3-2-4-6-8-10-16-28(31)33)29-24-15-12-11-13-22(24)17-18-25(29)26(30)19-20-27(30)32/h13,23,25-27,32H,2-12,14-21H2,1H3,(H2,31,33)/t23-,25-,26-,27-,30-/m0/s1. The van der Waals surface area contributed by atoms with Crippen LogP contribution in [0.3, 0.4) is 0 Å². The largest absolute Gasteiger partial charge is 0.393 e. The molecule has 0 saturated heterocycles. The van der Waals surface area contributed by atoms with Gasteiger partial charge in [0.05, 0.1) is 6.10 Å². The van der Waals surface area contributed by atoms with Gasteiger partial charge in [-0.25, -0.2) is 0 Å². The molecule has 4 rings (SSSR count). The Morgan fingerprint density at radius 1 is 1.00 bits per heavy atom. The number of fused-ring (bicyclic) bond motifs is 4. The molecule has 5 atom stereocenters. The van der Waals surface area contributed by atoms with E-state index in [1.165, 1.54) is 96.3 Å². The Morgan fingerprint density at radius 3 is 2.42 bits per heavy atom. The molecule has 0 aromatic carbocycles. The molecule has 4 aliphatic carbocycles. The van der Waals surface area contributed by atoms with Crippen LogP contribution >= 0.6 is 0 Å². The number of hydrogen-bond donors (Lipinski definition) is 2. The van der Waals surface area contributed by atoms with E-state index in [2.05, 4.69) is 13.0 Å². The van der Waals surface area contributed by atoms with E-state index in [9.17, 15) is 9.90 Å². The molecule has 0 bridgehead atoms. The molecule has 3 nitrogen and oxygen atoms in total. The third-order valence-electron chi connectivity index (χ3n) is 9.83. The van der Waals surface area contributed by atoms with Crippen molar-refractivity contribution in [3.8, 4) is 0 Å². The van der Waals surface area contributed by atoms with Gasteiger partial charge >= 0.3 is 0 Å². The van der Waals surface area contributed by atoms with Crippen LogP contribution in [0.25, 0.3) is 0 Å². The van der Waals surface area contributed by atoms with Gasteiger partial charge in [0.25, 0.3) is 0 Å². The van der Waals surface area contributed by atoms with Gasteiger partial charge in [0, 0.05) is 6.42 Å². The number of aliphatic hydroxyl groups is 1. The molecule has 2 fully saturated rings. The monoisotopic (exact) mass is 455 g/mol. The topological polar surface area (TPSA) is 63.3 Å². The number of nitrogens with two attached hydrogens (primary N) is 1. The van der Waals surface area contributed by atoms with Gasteiger partial charge in [0.2, 0.25) is 5.91 Å². The van der Waals surface area contributed by atoms with Crippen molar-refractivity contribution in [3.63, 3.8) is 0 Å². The molecule has 0 aliphatic heterocycles. The Morgan fingerprint density at radius 2 is 1.70 bits per heavy atom. The fourth-order valence-corrected chi connectivity index (χ4v) is 8.10. The number of rotatable bonds is 12. The van der Waals surface area contributed by atoms with Crippen LogP contribution in [-0.2, 0) is 4.79 Å². The maximum Gasteiger partial charge on any atom is 0.217 e. The Balaban J connectivity index is 1.27. The van der Waals surface area contributed by atoms with Crippen molar-refractivity contribution in [1.29, 1.82) is 0 Å². The van der Waals surface area contributed by atoms with Crippen molar-refractivity contribution in [3.05, 3.63) is 22.8 Å². The number of primary amides is 1. The average molecular weight is 456 g/mol. The molecule has 0 radical (unpaired) electrons. The Kier molecular flexibility index (Phi) is 8.76. The minimum Gasteiger partial charge on any atom is -0.393 e. The quantitative estimate of drug-likeness (QED) is 0.302. The average Bonchev–Trinajstić information content (AvgIpc) is 3.11. The first kappa shape index (κ1) is 25.0. The maximum atomic E-state index is 10.9. The van der Waals surface area contributed by atoms with Crippen LogP contribution in [-0.4, -0.2) is 17.1 Å². The summed E-state index contributed by atoms with van der Waals surface area (Å²) in [6, 6.07) is 0. The molecule has 0 heterocycles. The lowest BCUT2D eigenvalue weighted by Crippen LogP contribution is -2.45. The first-order chi connectivity index (χ1) is 16.0. The van der Waals surface area contributed by atoms with Crippen molar-refractivity contribution < 1.29 is 9.90 Å². The smallest absolute Gasteiger partial charge is 0.217 e. The van der Waals surface area contributed by atoms with E-state index in [1.807, 2.05) is 5.57 Å². The van der Waals surface area contributed by atoms with Crippen molar-refractivity contribution in [2.75, 3.05) is 0 Å². The summed E-state index contributed by atoms with van der Waals surface area (Å²) in [6.07, 6.45) is 25.8. The lowest BCUT2D eigenvalue weighted by Gasteiger charge is -2.52. The fourth-order valence-electron chi connectivity index (χ4n) is 8.10. The molecule has 3 N–H and O–H groups in total. The maximum absolute atomic E-state index is 10.9. The van der Waals surface area contributed by atoms with Crippen molar-refractivity contribution in [2.45, 2.75) is 135 Å². The molecule has 33 heavy (non-hydrogen) atoms. The summed E-state index contributed by atoms with van der Waals surface area (Å²) < 4.78 is 0. The molecule has 4 aliphatic rings. The first-order valence-electron chi connectivity index (χ1n) is 14.4. The molecule has 0 aromatic heterocycles. The van der Waals surface area contributed by atoms with Gasteiger partial charge in [-0.1, -0.05) is 69.9 Å². The number of unbranched alkanes of at least 4 members (excludes halogenated alkanes) is 8. The van der Waals surface area contributed by atoms with E-state index in [0.717, 1.165) is 31.1 Å². The van der Waals surface area contributed by atoms with Crippen LogP contribution in [0, 0.1) is 23.2 Å². The molecule has 3 heteroatoms. The Bertz CT molecular complexity index is 738. The SMILES string of the molecule is C[C@]12C[C@H](CCCCCCCCCCCC(N)=O)C3=C4CCCC=C4CC[C@H]3[C@@H]1CC[C@@H]2O. The number of amides is 1. The number of aliphatic hydroxyl groups excluding tert-OH is 1. The number of hydrogen-bond acceptors (Lipinski definition) is 2. The van der Waals surface area contributed by atoms with Gasteiger partial charge in [-0.05, 0) is 98.5 Å². The third-order valence-corrected chi connectivity index (χ3v) is 9.83. The zero-order valence-corrected chi connectivity index (χ0v) is 21.3. The normalized spacial score (nSPS) is 33.3. The second-order valence-corrected chi connectivity index (χ2v) is 12.0. The lowest BCUT2D eigenvalue weighted by molar-refractivity contribution is -0.118.